The molecule has 3 N–H and O–H groups in total. The molecule has 0 bridgehead atoms. The molecule has 0 atom stereocenters. The molecule has 8 nitrogen and oxygen atoms in total. The molecule has 0 aliphatic carbocycles. The Morgan fingerprint density at radius 1 is 1.07 bits per heavy atom. The molecule has 0 aliphatic rings. The SMILES string of the molecule is COc1cc(C(=O)OCC(=O)NC(N)=O)ccc1OCc1ccc(Cl)cc1Cl. The van der Waals surface area contributed by atoms with E-state index in [4.69, 9.17) is 43.1 Å². The summed E-state index contributed by atoms with van der Waals surface area (Å²) in [6, 6.07) is 8.35. The summed E-state index contributed by atoms with van der Waals surface area (Å²) in [5.41, 5.74) is 5.64. The predicted octanol–water partition coefficient (Wildman–Crippen LogP) is 2.93. The predicted molar refractivity (Wildman–Crippen MR) is 102 cm³/mol. The second kappa shape index (κ2) is 9.82. The number of hydrogen-bond acceptors (Lipinski definition) is 6. The third kappa shape index (κ3) is 6.04. The number of carbonyl (C=O) groups excluding carboxylic acids is 3. The first-order valence-corrected chi connectivity index (χ1v) is 8.57. The number of benzene rings is 2. The summed E-state index contributed by atoms with van der Waals surface area (Å²) < 4.78 is 15.7. The van der Waals surface area contributed by atoms with Gasteiger partial charge in [-0.3, -0.25) is 10.1 Å². The van der Waals surface area contributed by atoms with Gasteiger partial charge in [-0.1, -0.05) is 29.3 Å². The van der Waals surface area contributed by atoms with E-state index in [1.165, 1.54) is 25.3 Å². The van der Waals surface area contributed by atoms with Crippen LogP contribution in [-0.2, 0) is 16.1 Å². The first-order chi connectivity index (χ1) is 13.3. The van der Waals surface area contributed by atoms with Gasteiger partial charge < -0.3 is 19.9 Å². The maximum Gasteiger partial charge on any atom is 0.338 e. The number of nitrogens with one attached hydrogen (secondary N) is 1. The molecule has 3 amide bonds. The maximum absolute atomic E-state index is 12.0. The Hall–Kier alpha value is -2.97. The van der Waals surface area contributed by atoms with Crippen molar-refractivity contribution < 1.29 is 28.6 Å². The van der Waals surface area contributed by atoms with Gasteiger partial charge in [0.25, 0.3) is 5.91 Å². The smallest absolute Gasteiger partial charge is 0.338 e. The second-order valence-electron chi connectivity index (χ2n) is 5.38. The van der Waals surface area contributed by atoms with Crippen LogP contribution in [-0.4, -0.2) is 31.6 Å². The zero-order chi connectivity index (χ0) is 20.7. The molecule has 0 heterocycles. The standard InChI is InChI=1S/C18H16Cl2N2O6/c1-26-15-6-10(17(24)28-9-16(23)22-18(21)25)3-5-14(15)27-8-11-2-4-12(19)7-13(11)20/h2-7H,8-9H2,1H3,(H3,21,22,23,25). The van der Waals surface area contributed by atoms with Crippen LogP contribution in [0.3, 0.4) is 0 Å². The van der Waals surface area contributed by atoms with Gasteiger partial charge in [0.1, 0.15) is 6.61 Å². The van der Waals surface area contributed by atoms with Crippen LogP contribution in [0.1, 0.15) is 15.9 Å². The van der Waals surface area contributed by atoms with E-state index >= 15 is 0 Å². The Morgan fingerprint density at radius 2 is 1.82 bits per heavy atom. The number of carbonyl (C=O) groups is 3. The average molecular weight is 427 g/mol. The molecule has 10 heteroatoms. The summed E-state index contributed by atoms with van der Waals surface area (Å²) in [4.78, 5) is 33.9. The van der Waals surface area contributed by atoms with Gasteiger partial charge in [0, 0.05) is 15.6 Å². The number of methoxy groups -OCH3 is 1. The van der Waals surface area contributed by atoms with E-state index in [1.807, 2.05) is 0 Å². The van der Waals surface area contributed by atoms with Crippen LogP contribution < -0.4 is 20.5 Å². The van der Waals surface area contributed by atoms with Crippen LogP contribution in [0.5, 0.6) is 11.5 Å². The fourth-order valence-corrected chi connectivity index (χ4v) is 2.56. The van der Waals surface area contributed by atoms with Crippen LogP contribution in [0.15, 0.2) is 36.4 Å². The molecular formula is C18H16Cl2N2O6. The zero-order valence-electron chi connectivity index (χ0n) is 14.7. The molecule has 0 saturated carbocycles. The Labute approximate surface area is 170 Å². The van der Waals surface area contributed by atoms with Crippen molar-refractivity contribution in [2.75, 3.05) is 13.7 Å². The molecule has 148 valence electrons. The van der Waals surface area contributed by atoms with Crippen molar-refractivity contribution in [3.63, 3.8) is 0 Å². The van der Waals surface area contributed by atoms with E-state index in [1.54, 1.807) is 23.5 Å². The summed E-state index contributed by atoms with van der Waals surface area (Å²) in [5, 5.41) is 2.75. The molecule has 0 radical (unpaired) electrons. The lowest BCUT2D eigenvalue weighted by molar-refractivity contribution is -0.123. The van der Waals surface area contributed by atoms with Crippen molar-refractivity contribution in [3.05, 3.63) is 57.6 Å². The van der Waals surface area contributed by atoms with Crippen LogP contribution in [0.2, 0.25) is 10.0 Å². The number of esters is 1. The Morgan fingerprint density at radius 3 is 2.46 bits per heavy atom. The molecule has 0 spiro atoms. The third-order valence-corrected chi connectivity index (χ3v) is 3.98. The number of rotatable bonds is 7. The third-order valence-electron chi connectivity index (χ3n) is 3.39. The summed E-state index contributed by atoms with van der Waals surface area (Å²) in [5.74, 6) is -0.976. The van der Waals surface area contributed by atoms with Crippen molar-refractivity contribution in [2.45, 2.75) is 6.61 Å². The molecule has 0 aliphatic heterocycles. The van der Waals surface area contributed by atoms with Gasteiger partial charge >= 0.3 is 12.0 Å². The highest BCUT2D eigenvalue weighted by atomic mass is 35.5. The summed E-state index contributed by atoms with van der Waals surface area (Å²) in [6.45, 7) is -0.499. The monoisotopic (exact) mass is 426 g/mol. The van der Waals surface area contributed by atoms with E-state index in [0.29, 0.717) is 15.8 Å². The minimum absolute atomic E-state index is 0.126. The van der Waals surface area contributed by atoms with Gasteiger partial charge in [0.05, 0.1) is 12.7 Å². The van der Waals surface area contributed by atoms with Gasteiger partial charge in [-0.25, -0.2) is 9.59 Å². The van der Waals surface area contributed by atoms with Crippen LogP contribution in [0, 0.1) is 0 Å². The number of hydrogen-bond donors (Lipinski definition) is 2. The number of imide groups is 1. The summed E-state index contributed by atoms with van der Waals surface area (Å²) in [6.07, 6.45) is 0. The lowest BCUT2D eigenvalue weighted by Crippen LogP contribution is -2.37. The highest BCUT2D eigenvalue weighted by Gasteiger charge is 2.15. The van der Waals surface area contributed by atoms with E-state index in [9.17, 15) is 14.4 Å². The van der Waals surface area contributed by atoms with Crippen molar-refractivity contribution in [1.29, 1.82) is 0 Å². The quantitative estimate of drug-likeness (QED) is 0.657. The van der Waals surface area contributed by atoms with Crippen molar-refractivity contribution in [1.82, 2.24) is 5.32 Å². The summed E-state index contributed by atoms with van der Waals surface area (Å²) >= 11 is 12.0. The molecular weight excluding hydrogens is 411 g/mol. The Kier molecular flexibility index (Phi) is 7.48. The number of urea groups is 1. The maximum atomic E-state index is 12.0. The minimum atomic E-state index is -1.04. The number of amides is 3. The Bertz CT molecular complexity index is 904. The lowest BCUT2D eigenvalue weighted by atomic mass is 10.2. The van der Waals surface area contributed by atoms with Gasteiger partial charge in [-0.05, 0) is 30.3 Å². The van der Waals surface area contributed by atoms with Gasteiger partial charge in [-0.2, -0.15) is 0 Å². The van der Waals surface area contributed by atoms with Crippen LogP contribution in [0.4, 0.5) is 4.79 Å². The van der Waals surface area contributed by atoms with Crippen LogP contribution >= 0.6 is 23.2 Å². The molecule has 0 unspecified atom stereocenters. The van der Waals surface area contributed by atoms with Gasteiger partial charge in [0.15, 0.2) is 18.1 Å². The highest BCUT2D eigenvalue weighted by Crippen LogP contribution is 2.30. The van der Waals surface area contributed by atoms with Crippen LogP contribution in [0.25, 0.3) is 0 Å². The number of halogens is 2. The normalized spacial score (nSPS) is 10.1. The number of nitrogens with two attached hydrogens (primary N) is 1. The largest absolute Gasteiger partial charge is 0.493 e. The molecule has 2 aromatic carbocycles. The lowest BCUT2D eigenvalue weighted by Gasteiger charge is -2.13. The fourth-order valence-electron chi connectivity index (χ4n) is 2.10. The first kappa shape index (κ1) is 21.3. The highest BCUT2D eigenvalue weighted by molar-refractivity contribution is 6.35. The van der Waals surface area contributed by atoms with Crippen molar-refractivity contribution >= 4 is 41.1 Å². The van der Waals surface area contributed by atoms with E-state index in [2.05, 4.69) is 0 Å². The molecule has 2 rings (SSSR count). The van der Waals surface area contributed by atoms with E-state index in [0.717, 1.165) is 5.56 Å². The average Bonchev–Trinajstić information content (AvgIpc) is 2.64. The molecule has 28 heavy (non-hydrogen) atoms. The molecule has 0 aromatic heterocycles. The number of primary amides is 1. The zero-order valence-corrected chi connectivity index (χ0v) is 16.2. The molecule has 2 aromatic rings. The topological polar surface area (TPSA) is 117 Å². The van der Waals surface area contributed by atoms with Crippen molar-refractivity contribution in [3.8, 4) is 11.5 Å². The first-order valence-electron chi connectivity index (χ1n) is 7.81. The number of ether oxygens (including phenoxy) is 3. The minimum Gasteiger partial charge on any atom is -0.493 e. The fraction of sp³-hybridized carbons (Fsp3) is 0.167. The van der Waals surface area contributed by atoms with E-state index < -0.39 is 24.5 Å². The van der Waals surface area contributed by atoms with Gasteiger partial charge in [0.2, 0.25) is 0 Å². The molecule has 0 saturated heterocycles. The van der Waals surface area contributed by atoms with E-state index in [-0.39, 0.29) is 17.9 Å². The second-order valence-corrected chi connectivity index (χ2v) is 6.22. The van der Waals surface area contributed by atoms with Crippen molar-refractivity contribution in [2.24, 2.45) is 5.73 Å². The Balaban J connectivity index is 2.03. The molecule has 0 fully saturated rings. The summed E-state index contributed by atoms with van der Waals surface area (Å²) in [7, 11) is 1.41. The van der Waals surface area contributed by atoms with Gasteiger partial charge in [-0.15, -0.1) is 0 Å².